The third kappa shape index (κ3) is 792. The Bertz CT molecular complexity index is 71.6. The molecule has 15 heavy (non-hydrogen) atoms. The molecule has 106 valence electrons. The molecule has 0 saturated carbocycles. The first-order chi connectivity index (χ1) is 3.46. The van der Waals surface area contributed by atoms with Crippen LogP contribution in [-0.4, -0.2) is 48.2 Å². The van der Waals surface area contributed by atoms with Crippen LogP contribution in [0.3, 0.4) is 0 Å². The van der Waals surface area contributed by atoms with Gasteiger partial charge in [-0.15, -0.1) is 10.1 Å². The predicted octanol–water partition coefficient (Wildman–Crippen LogP) is -5.54. The van der Waals surface area contributed by atoms with Crippen LogP contribution in [0.4, 0.5) is 0 Å². The van der Waals surface area contributed by atoms with E-state index in [1.807, 2.05) is 0 Å². The van der Waals surface area contributed by atoms with E-state index < -0.39 is 10.2 Å². The quantitative estimate of drug-likeness (QED) is 0.257. The van der Waals surface area contributed by atoms with Crippen molar-refractivity contribution in [2.45, 2.75) is 0 Å². The summed E-state index contributed by atoms with van der Waals surface area (Å²) in [5, 5.41) is 28.4. The van der Waals surface area contributed by atoms with Gasteiger partial charge in [0.25, 0.3) is 5.09 Å². The Balaban J connectivity index is -0.00000000468. The molecule has 0 atom stereocenters. The van der Waals surface area contributed by atoms with Gasteiger partial charge in [0.15, 0.2) is 0 Å². The van der Waals surface area contributed by atoms with Gasteiger partial charge in [0, 0.05) is 16.5 Å². The molecule has 0 heterocycles. The van der Waals surface area contributed by atoms with Crippen molar-refractivity contribution in [1.82, 2.24) is 0 Å². The van der Waals surface area contributed by atoms with Crippen LogP contribution in [0, 0.1) is 25.4 Å². The Hall–Kier alpha value is -1.35. The first-order valence-corrected chi connectivity index (χ1v) is 1.11. The number of rotatable bonds is 0. The first kappa shape index (κ1) is 101. The normalized spacial score (nSPS) is 3.20. The van der Waals surface area contributed by atoms with Crippen molar-refractivity contribution in [3.8, 4) is 0 Å². The van der Waals surface area contributed by atoms with Crippen LogP contribution in [0.15, 0.2) is 0 Å². The third-order valence-corrected chi connectivity index (χ3v) is 0. The van der Waals surface area contributed by atoms with Gasteiger partial charge in [-0.2, -0.15) is 0 Å². The average Bonchev–Trinajstić information content (AvgIpc) is 1.25. The molecule has 0 unspecified atom stereocenters. The zero-order chi connectivity index (χ0) is 7.15. The number of hydrogen-bond donors (Lipinski definition) is 1. The molecule has 0 aliphatic heterocycles. The zero-order valence-corrected chi connectivity index (χ0v) is 7.69. The Labute approximate surface area is 91.1 Å². The first-order valence-electron chi connectivity index (χ1n) is 1.11. The van der Waals surface area contributed by atoms with Gasteiger partial charge in [-0.05, 0) is 0 Å². The summed E-state index contributed by atoms with van der Waals surface area (Å²) in [5.41, 5.74) is 0. The van der Waals surface area contributed by atoms with Gasteiger partial charge in [-0.25, -0.2) is 0 Å². The molecule has 0 aromatic carbocycles. The summed E-state index contributed by atoms with van der Waals surface area (Å²) >= 11 is 0. The SMILES string of the molecule is O.O.O.O.O.O.O=[N+]([O-])O.O=[N+]([O-])[O-].[Ni]. The maximum absolute atomic E-state index is 8.36. The number of hydrogen-bond acceptors (Lipinski definition) is 5. The standard InChI is InChI=1S/HNO3.NO3.Ni.6H2O/c2*2-1(3)4;;;;;;;/h(H,2,3,4);;;6*1H2/q;-1;;;;;;;. The Morgan fingerprint density at radius 2 is 0.733 bits per heavy atom. The molecule has 0 saturated heterocycles. The Morgan fingerprint density at radius 3 is 0.733 bits per heavy atom. The molecule has 0 fully saturated rings. The van der Waals surface area contributed by atoms with Gasteiger partial charge in [0.05, 0.1) is 5.09 Å². The van der Waals surface area contributed by atoms with E-state index in [-0.39, 0.29) is 49.3 Å². The molecule has 0 radical (unpaired) electrons. The van der Waals surface area contributed by atoms with Crippen LogP contribution in [0.2, 0.25) is 0 Å². The van der Waals surface area contributed by atoms with E-state index >= 15 is 0 Å². The molecule has 15 heteroatoms. The van der Waals surface area contributed by atoms with Crippen molar-refractivity contribution >= 4 is 0 Å². The molecule has 0 aliphatic rings. The van der Waals surface area contributed by atoms with E-state index in [0.29, 0.717) is 0 Å². The molecule has 0 aromatic heterocycles. The van der Waals surface area contributed by atoms with Crippen molar-refractivity contribution in [1.29, 1.82) is 0 Å². The minimum absolute atomic E-state index is 0. The third-order valence-electron chi connectivity index (χ3n) is 0. The zero-order valence-electron chi connectivity index (χ0n) is 6.70. The maximum atomic E-state index is 8.36. The molecule has 0 aromatic rings. The minimum atomic E-state index is -1.75. The molecule has 0 amide bonds. The van der Waals surface area contributed by atoms with Crippen LogP contribution in [0.5, 0.6) is 0 Å². The summed E-state index contributed by atoms with van der Waals surface area (Å²) in [6.45, 7) is 0. The van der Waals surface area contributed by atoms with Crippen molar-refractivity contribution in [2.24, 2.45) is 0 Å². The van der Waals surface area contributed by atoms with Crippen LogP contribution >= 0.6 is 0 Å². The second kappa shape index (κ2) is 79.4. The van der Waals surface area contributed by atoms with Gasteiger partial charge in [-0.1, -0.05) is 0 Å². The van der Waals surface area contributed by atoms with Crippen LogP contribution in [0.1, 0.15) is 0 Å². The fourth-order valence-corrected chi connectivity index (χ4v) is 0. The molecule has 0 spiro atoms. The predicted molar refractivity (Wildman–Crippen MR) is 40.8 cm³/mol. The Morgan fingerprint density at radius 1 is 0.733 bits per heavy atom. The van der Waals surface area contributed by atoms with Gasteiger partial charge in [0.1, 0.15) is 0 Å². The van der Waals surface area contributed by atoms with Crippen molar-refractivity contribution in [3.05, 3.63) is 25.4 Å². The van der Waals surface area contributed by atoms with E-state index in [0.717, 1.165) is 0 Å². The van der Waals surface area contributed by atoms with Gasteiger partial charge in [-0.3, -0.25) is 0 Å². The van der Waals surface area contributed by atoms with E-state index in [4.69, 9.17) is 30.6 Å². The minimum Gasteiger partial charge on any atom is -0.412 e. The molecule has 14 nitrogen and oxygen atoms in total. The molecule has 13 N–H and O–H groups in total. The van der Waals surface area contributed by atoms with Crippen LogP contribution < -0.4 is 0 Å². The summed E-state index contributed by atoms with van der Waals surface area (Å²) in [4.78, 5) is 16.6. The fourth-order valence-electron chi connectivity index (χ4n) is 0. The monoisotopic (exact) mass is 291 g/mol. The van der Waals surface area contributed by atoms with E-state index in [2.05, 4.69) is 0 Å². The van der Waals surface area contributed by atoms with Gasteiger partial charge < -0.3 is 53.4 Å². The maximum Gasteiger partial charge on any atom is 0.291 e. The summed E-state index contributed by atoms with van der Waals surface area (Å²) in [5.74, 6) is 0. The number of nitrogens with zero attached hydrogens (tertiary/aromatic N) is 2. The molecule has 0 bridgehead atoms. The second-order valence-electron chi connectivity index (χ2n) is 0.461. The van der Waals surface area contributed by atoms with Crippen molar-refractivity contribution in [2.75, 3.05) is 0 Å². The second-order valence-corrected chi connectivity index (χ2v) is 0.461. The topological polar surface area (TPSA) is 319 Å². The van der Waals surface area contributed by atoms with Gasteiger partial charge >= 0.3 is 0 Å². The van der Waals surface area contributed by atoms with E-state index in [1.54, 1.807) is 0 Å². The molecule has 0 rings (SSSR count). The van der Waals surface area contributed by atoms with E-state index in [9.17, 15) is 0 Å². The molecular formula is H13N2NiO12-. The summed E-state index contributed by atoms with van der Waals surface area (Å²) in [6.07, 6.45) is 0. The molecular weight excluding hydrogens is 279 g/mol. The van der Waals surface area contributed by atoms with Crippen LogP contribution in [-0.2, 0) is 16.5 Å². The largest absolute Gasteiger partial charge is 0.412 e. The summed E-state index contributed by atoms with van der Waals surface area (Å²) < 4.78 is 0. The Kier molecular flexibility index (Phi) is 534. The van der Waals surface area contributed by atoms with Crippen molar-refractivity contribution in [3.63, 3.8) is 0 Å². The van der Waals surface area contributed by atoms with Crippen molar-refractivity contribution < 1.29 is 64.7 Å². The fraction of sp³-hybridized carbons (Fsp3) is 0. The van der Waals surface area contributed by atoms with E-state index in [1.165, 1.54) is 0 Å². The van der Waals surface area contributed by atoms with Crippen LogP contribution in [0.25, 0.3) is 0 Å². The average molecular weight is 292 g/mol. The molecule has 0 aliphatic carbocycles. The van der Waals surface area contributed by atoms with Gasteiger partial charge in [0.2, 0.25) is 0 Å². The summed E-state index contributed by atoms with van der Waals surface area (Å²) in [7, 11) is 0. The summed E-state index contributed by atoms with van der Waals surface area (Å²) in [6, 6.07) is 0. The smallest absolute Gasteiger partial charge is 0.291 e.